The van der Waals surface area contributed by atoms with Crippen LogP contribution in [0.4, 0.5) is 13.2 Å². The van der Waals surface area contributed by atoms with Gasteiger partial charge in [-0.25, -0.2) is 0 Å². The molecular weight excluding hydrogens is 209 g/mol. The Morgan fingerprint density at radius 2 is 1.67 bits per heavy atom. The molecule has 1 unspecified atom stereocenters. The molecule has 0 fully saturated rings. The summed E-state index contributed by atoms with van der Waals surface area (Å²) in [6, 6.07) is 0. The summed E-state index contributed by atoms with van der Waals surface area (Å²) >= 11 is 0. The van der Waals surface area contributed by atoms with E-state index in [4.69, 9.17) is 4.74 Å². The number of hydrogen-bond donors (Lipinski definition) is 0. The molecule has 0 rings (SSSR count). The van der Waals surface area contributed by atoms with Crippen molar-refractivity contribution in [2.45, 2.75) is 46.4 Å². The van der Waals surface area contributed by atoms with Gasteiger partial charge in [0, 0.05) is 0 Å². The zero-order chi connectivity index (χ0) is 12.2. The van der Waals surface area contributed by atoms with Crippen LogP contribution < -0.4 is 0 Å². The van der Waals surface area contributed by atoms with Crippen molar-refractivity contribution in [2.24, 2.45) is 11.8 Å². The molecule has 90 valence electrons. The molecule has 0 aliphatic heterocycles. The topological polar surface area (TPSA) is 26.3 Å². The molecule has 0 amide bonds. The molecule has 0 aliphatic carbocycles. The van der Waals surface area contributed by atoms with Crippen LogP contribution in [0.2, 0.25) is 0 Å². The van der Waals surface area contributed by atoms with E-state index >= 15 is 0 Å². The number of carbonyl (C=O) groups excluding carboxylic acids is 1. The molecule has 0 saturated carbocycles. The lowest BCUT2D eigenvalue weighted by molar-refractivity contribution is -0.173. The van der Waals surface area contributed by atoms with Crippen LogP contribution in [0.15, 0.2) is 0 Å². The fraction of sp³-hybridized carbons (Fsp3) is 0.900. The molecule has 0 spiro atoms. The van der Waals surface area contributed by atoms with E-state index in [-0.39, 0.29) is 12.0 Å². The number of halogens is 3. The molecule has 5 heteroatoms. The maximum atomic E-state index is 12.2. The molecule has 1 atom stereocenters. The molecule has 0 bridgehead atoms. The van der Waals surface area contributed by atoms with Crippen molar-refractivity contribution in [2.75, 3.05) is 0 Å². The quantitative estimate of drug-likeness (QED) is 0.688. The highest BCUT2D eigenvalue weighted by Crippen LogP contribution is 2.29. The Balaban J connectivity index is 4.46. The Labute approximate surface area is 87.8 Å². The second kappa shape index (κ2) is 5.37. The number of rotatable bonds is 4. The molecule has 0 heterocycles. The molecular formula is C10H17F3O2. The normalized spacial score (nSPS) is 14.5. The third-order valence-electron chi connectivity index (χ3n) is 1.91. The van der Waals surface area contributed by atoms with Crippen LogP contribution in [-0.4, -0.2) is 18.2 Å². The molecule has 0 radical (unpaired) electrons. The van der Waals surface area contributed by atoms with Gasteiger partial charge in [-0.3, -0.25) is 4.79 Å². The largest absolute Gasteiger partial charge is 0.463 e. The average Bonchev–Trinajstić information content (AvgIpc) is 1.96. The molecule has 0 aliphatic rings. The number of carbonyl (C=O) groups is 1. The van der Waals surface area contributed by atoms with Gasteiger partial charge >= 0.3 is 12.1 Å². The van der Waals surface area contributed by atoms with Gasteiger partial charge in [0.25, 0.3) is 0 Å². The Morgan fingerprint density at radius 1 is 1.20 bits per heavy atom. The first-order chi connectivity index (χ1) is 6.63. The first-order valence-electron chi connectivity index (χ1n) is 4.90. The maximum absolute atomic E-state index is 12.2. The molecule has 15 heavy (non-hydrogen) atoms. The summed E-state index contributed by atoms with van der Waals surface area (Å²) in [6.45, 7) is 6.39. The van der Waals surface area contributed by atoms with Crippen LogP contribution in [-0.2, 0) is 9.53 Å². The average molecular weight is 226 g/mol. The Morgan fingerprint density at radius 3 is 1.93 bits per heavy atom. The van der Waals surface area contributed by atoms with Gasteiger partial charge in [-0.05, 0) is 19.8 Å². The minimum absolute atomic E-state index is 0.377. The SMILES string of the molecule is CC(C)OC(=O)C(CC(F)(F)F)C(C)C. The number of hydrogen-bond acceptors (Lipinski definition) is 2. The van der Waals surface area contributed by atoms with Gasteiger partial charge in [0.05, 0.1) is 18.4 Å². The van der Waals surface area contributed by atoms with Crippen LogP contribution in [0, 0.1) is 11.8 Å². The van der Waals surface area contributed by atoms with Crippen molar-refractivity contribution < 1.29 is 22.7 Å². The summed E-state index contributed by atoms with van der Waals surface area (Å²) in [5.74, 6) is -2.25. The van der Waals surface area contributed by atoms with Gasteiger partial charge in [0.15, 0.2) is 0 Å². The summed E-state index contributed by atoms with van der Waals surface area (Å²) in [5.41, 5.74) is 0. The maximum Gasteiger partial charge on any atom is 0.389 e. The molecule has 0 N–H and O–H groups in total. The fourth-order valence-corrected chi connectivity index (χ4v) is 1.16. The van der Waals surface area contributed by atoms with E-state index in [0.29, 0.717) is 0 Å². The second-order valence-corrected chi connectivity index (χ2v) is 4.16. The zero-order valence-corrected chi connectivity index (χ0v) is 9.39. The van der Waals surface area contributed by atoms with Crippen LogP contribution in [0.3, 0.4) is 0 Å². The summed E-state index contributed by atoms with van der Waals surface area (Å²) in [4.78, 5) is 11.4. The third-order valence-corrected chi connectivity index (χ3v) is 1.91. The van der Waals surface area contributed by atoms with Crippen molar-refractivity contribution in [3.8, 4) is 0 Å². The van der Waals surface area contributed by atoms with E-state index in [9.17, 15) is 18.0 Å². The summed E-state index contributed by atoms with van der Waals surface area (Å²) in [6.07, 6.45) is -5.83. The highest BCUT2D eigenvalue weighted by Gasteiger charge is 2.37. The van der Waals surface area contributed by atoms with Crippen molar-refractivity contribution in [3.63, 3.8) is 0 Å². The van der Waals surface area contributed by atoms with Gasteiger partial charge in [-0.1, -0.05) is 13.8 Å². The van der Waals surface area contributed by atoms with Crippen molar-refractivity contribution in [3.05, 3.63) is 0 Å². The smallest absolute Gasteiger partial charge is 0.389 e. The standard InChI is InChI=1S/C10H17F3O2/c1-6(2)8(5-10(11,12)13)9(14)15-7(3)4/h6-8H,5H2,1-4H3. The van der Waals surface area contributed by atoms with Crippen molar-refractivity contribution >= 4 is 5.97 Å². The van der Waals surface area contributed by atoms with E-state index in [1.165, 1.54) is 0 Å². The predicted molar refractivity (Wildman–Crippen MR) is 50.2 cm³/mol. The number of esters is 1. The van der Waals surface area contributed by atoms with Gasteiger partial charge < -0.3 is 4.74 Å². The predicted octanol–water partition coefficient (Wildman–Crippen LogP) is 3.16. The molecule has 0 aromatic carbocycles. The summed E-state index contributed by atoms with van der Waals surface area (Å²) in [5, 5.41) is 0. The Bertz CT molecular complexity index is 209. The van der Waals surface area contributed by atoms with E-state index in [0.717, 1.165) is 0 Å². The van der Waals surface area contributed by atoms with E-state index in [1.54, 1.807) is 27.7 Å². The highest BCUT2D eigenvalue weighted by atomic mass is 19.4. The second-order valence-electron chi connectivity index (χ2n) is 4.16. The minimum atomic E-state index is -4.33. The van der Waals surface area contributed by atoms with Crippen LogP contribution in [0.25, 0.3) is 0 Å². The number of ether oxygens (including phenoxy) is 1. The molecule has 0 aromatic rings. The number of alkyl halides is 3. The Kier molecular flexibility index (Phi) is 5.11. The lowest BCUT2D eigenvalue weighted by atomic mass is 9.92. The summed E-state index contributed by atoms with van der Waals surface area (Å²) in [7, 11) is 0. The van der Waals surface area contributed by atoms with E-state index < -0.39 is 24.5 Å². The highest BCUT2D eigenvalue weighted by molar-refractivity contribution is 5.72. The van der Waals surface area contributed by atoms with Crippen LogP contribution in [0.5, 0.6) is 0 Å². The fourth-order valence-electron chi connectivity index (χ4n) is 1.16. The van der Waals surface area contributed by atoms with Crippen LogP contribution >= 0.6 is 0 Å². The zero-order valence-electron chi connectivity index (χ0n) is 9.39. The monoisotopic (exact) mass is 226 g/mol. The van der Waals surface area contributed by atoms with Crippen molar-refractivity contribution in [1.82, 2.24) is 0 Å². The van der Waals surface area contributed by atoms with Gasteiger partial charge in [0.1, 0.15) is 0 Å². The van der Waals surface area contributed by atoms with Gasteiger partial charge in [0.2, 0.25) is 0 Å². The van der Waals surface area contributed by atoms with E-state index in [1.807, 2.05) is 0 Å². The molecule has 0 saturated heterocycles. The third kappa shape index (κ3) is 6.36. The van der Waals surface area contributed by atoms with E-state index in [2.05, 4.69) is 0 Å². The first kappa shape index (κ1) is 14.3. The summed E-state index contributed by atoms with van der Waals surface area (Å²) < 4.78 is 41.2. The first-order valence-corrected chi connectivity index (χ1v) is 4.90. The van der Waals surface area contributed by atoms with Crippen molar-refractivity contribution in [1.29, 1.82) is 0 Å². The lowest BCUT2D eigenvalue weighted by Crippen LogP contribution is -2.29. The van der Waals surface area contributed by atoms with Gasteiger partial charge in [-0.2, -0.15) is 13.2 Å². The Hall–Kier alpha value is -0.740. The molecule has 2 nitrogen and oxygen atoms in total. The minimum Gasteiger partial charge on any atom is -0.463 e. The van der Waals surface area contributed by atoms with Crippen LogP contribution in [0.1, 0.15) is 34.1 Å². The lowest BCUT2D eigenvalue weighted by Gasteiger charge is -2.21. The molecule has 0 aromatic heterocycles. The van der Waals surface area contributed by atoms with Gasteiger partial charge in [-0.15, -0.1) is 0 Å².